The molecule has 2 atom stereocenters. The zero-order valence-electron chi connectivity index (χ0n) is 18.9. The zero-order chi connectivity index (χ0) is 23.7. The minimum absolute atomic E-state index is 0.187. The summed E-state index contributed by atoms with van der Waals surface area (Å²) in [6, 6.07) is 25.3. The smallest absolute Gasteiger partial charge is 0.339 e. The van der Waals surface area contributed by atoms with Crippen molar-refractivity contribution in [3.8, 4) is 5.69 Å². The Balaban J connectivity index is 1.70. The molecule has 1 aliphatic heterocycles. The van der Waals surface area contributed by atoms with Crippen LogP contribution in [-0.4, -0.2) is 27.7 Å². The lowest BCUT2D eigenvalue weighted by Gasteiger charge is -2.29. The molecule has 0 saturated carbocycles. The zero-order valence-corrected chi connectivity index (χ0v) is 19.7. The van der Waals surface area contributed by atoms with Gasteiger partial charge in [0.25, 0.3) is 0 Å². The molecule has 0 amide bonds. The number of carbonyl (C=O) groups excluding carboxylic acids is 1. The van der Waals surface area contributed by atoms with Gasteiger partial charge in [-0.05, 0) is 73.2 Å². The van der Waals surface area contributed by atoms with Gasteiger partial charge in [-0.2, -0.15) is 0 Å². The van der Waals surface area contributed by atoms with Gasteiger partial charge in [-0.1, -0.05) is 30.3 Å². The lowest BCUT2D eigenvalue weighted by atomic mass is 10.00. The second-order valence-electron chi connectivity index (χ2n) is 8.15. The van der Waals surface area contributed by atoms with E-state index in [-0.39, 0.29) is 18.1 Å². The Morgan fingerprint density at radius 3 is 2.62 bits per heavy atom. The maximum Gasteiger partial charge on any atom is 0.339 e. The number of aromatic nitrogens is 2. The molecule has 7 heteroatoms. The summed E-state index contributed by atoms with van der Waals surface area (Å²) in [5.41, 5.74) is 5.24. The number of hydrogen-bond donors (Lipinski definition) is 1. The first-order valence-electron chi connectivity index (χ1n) is 11.0. The van der Waals surface area contributed by atoms with E-state index in [0.717, 1.165) is 28.3 Å². The maximum atomic E-state index is 12.5. The first-order valence-corrected chi connectivity index (χ1v) is 11.4. The maximum absolute atomic E-state index is 12.5. The summed E-state index contributed by atoms with van der Waals surface area (Å²) in [5, 5.41) is 4.12. The van der Waals surface area contributed by atoms with E-state index in [1.807, 2.05) is 59.3 Å². The van der Waals surface area contributed by atoms with Crippen molar-refractivity contribution < 1.29 is 9.53 Å². The number of rotatable bonds is 5. The molecule has 0 spiro atoms. The van der Waals surface area contributed by atoms with E-state index < -0.39 is 0 Å². The highest BCUT2D eigenvalue weighted by Crippen LogP contribution is 2.42. The second-order valence-corrected chi connectivity index (χ2v) is 8.53. The van der Waals surface area contributed by atoms with Crippen LogP contribution < -0.4 is 10.2 Å². The minimum atomic E-state index is -0.382. The first kappa shape index (κ1) is 21.9. The third-order valence-electron chi connectivity index (χ3n) is 6.03. The van der Waals surface area contributed by atoms with Gasteiger partial charge in [0.05, 0.1) is 30.1 Å². The number of methoxy groups -OCH3 is 1. The highest BCUT2D eigenvalue weighted by molar-refractivity contribution is 7.80. The number of para-hydroxylation sites is 1. The van der Waals surface area contributed by atoms with E-state index in [1.165, 1.54) is 7.11 Å². The van der Waals surface area contributed by atoms with Crippen molar-refractivity contribution in [2.75, 3.05) is 12.0 Å². The van der Waals surface area contributed by atoms with Crippen LogP contribution in [0.5, 0.6) is 0 Å². The van der Waals surface area contributed by atoms with Gasteiger partial charge in [0.1, 0.15) is 6.04 Å². The summed E-state index contributed by atoms with van der Waals surface area (Å²) in [7, 11) is 1.39. The van der Waals surface area contributed by atoms with Gasteiger partial charge in [0.2, 0.25) is 0 Å². The van der Waals surface area contributed by atoms with Crippen molar-refractivity contribution in [2.45, 2.75) is 19.0 Å². The summed E-state index contributed by atoms with van der Waals surface area (Å²) in [6.45, 7) is 2.07. The third-order valence-corrected chi connectivity index (χ3v) is 6.34. The van der Waals surface area contributed by atoms with Crippen LogP contribution in [0.3, 0.4) is 0 Å². The number of thiocarbonyl (C=S) groups is 1. The van der Waals surface area contributed by atoms with Gasteiger partial charge in [-0.3, -0.25) is 4.98 Å². The standard InChI is InChI=1S/C27H24N4O2S/c1-18-9-7-10-19(17-18)31-25(24(29-27(31)34)21-12-5-6-15-28-21)23-14-8-16-30(23)22-13-4-3-11-20(22)26(32)33-2/h3-17,24-25H,1-2H3,(H,29,34)/t24-,25-/m0/s1. The quantitative estimate of drug-likeness (QED) is 0.323. The topological polar surface area (TPSA) is 59.4 Å². The van der Waals surface area contributed by atoms with E-state index in [1.54, 1.807) is 12.3 Å². The molecule has 0 radical (unpaired) electrons. The Bertz CT molecular complexity index is 1350. The highest BCUT2D eigenvalue weighted by Gasteiger charge is 2.42. The first-order chi connectivity index (χ1) is 16.6. The van der Waals surface area contributed by atoms with Crippen LogP contribution in [-0.2, 0) is 4.74 Å². The Kier molecular flexibility index (Phi) is 5.86. The monoisotopic (exact) mass is 468 g/mol. The summed E-state index contributed by atoms with van der Waals surface area (Å²) < 4.78 is 7.08. The Labute approximate surface area is 203 Å². The fourth-order valence-corrected chi connectivity index (χ4v) is 4.88. The minimum Gasteiger partial charge on any atom is -0.465 e. The van der Waals surface area contributed by atoms with Crippen LogP contribution in [0, 0.1) is 6.92 Å². The molecule has 34 heavy (non-hydrogen) atoms. The molecule has 1 fully saturated rings. The number of benzene rings is 2. The predicted molar refractivity (Wildman–Crippen MR) is 136 cm³/mol. The summed E-state index contributed by atoms with van der Waals surface area (Å²) in [5.74, 6) is -0.382. The van der Waals surface area contributed by atoms with Crippen molar-refractivity contribution in [2.24, 2.45) is 0 Å². The molecule has 2 aromatic carbocycles. The van der Waals surface area contributed by atoms with Crippen LogP contribution in [0.4, 0.5) is 5.69 Å². The van der Waals surface area contributed by atoms with Crippen molar-refractivity contribution >= 4 is 29.0 Å². The molecule has 4 aromatic rings. The van der Waals surface area contributed by atoms with Gasteiger partial charge in [-0.25, -0.2) is 4.79 Å². The molecular formula is C27H24N4O2S. The SMILES string of the molecule is COC(=O)c1ccccc1-n1cccc1[C@H]1[C@H](c2ccccn2)NC(=S)N1c1cccc(C)c1. The number of ether oxygens (including phenoxy) is 1. The average molecular weight is 469 g/mol. The Morgan fingerprint density at radius 1 is 1.03 bits per heavy atom. The Hall–Kier alpha value is -3.97. The molecule has 5 rings (SSSR count). The van der Waals surface area contributed by atoms with Gasteiger partial charge in [0, 0.05) is 23.8 Å². The van der Waals surface area contributed by atoms with Crippen LogP contribution >= 0.6 is 12.2 Å². The van der Waals surface area contributed by atoms with Crippen LogP contribution in [0.1, 0.15) is 39.4 Å². The van der Waals surface area contributed by atoms with Gasteiger partial charge < -0.3 is 19.5 Å². The number of carbonyl (C=O) groups is 1. The van der Waals surface area contributed by atoms with Crippen LogP contribution in [0.25, 0.3) is 5.69 Å². The van der Waals surface area contributed by atoms with Crippen molar-refractivity contribution in [3.05, 3.63) is 114 Å². The van der Waals surface area contributed by atoms with Gasteiger partial charge in [0.15, 0.2) is 5.11 Å². The van der Waals surface area contributed by atoms with Gasteiger partial charge in [-0.15, -0.1) is 0 Å². The molecule has 0 unspecified atom stereocenters. The number of pyridine rings is 1. The van der Waals surface area contributed by atoms with Crippen LogP contribution in [0.15, 0.2) is 91.3 Å². The number of anilines is 1. The molecule has 170 valence electrons. The van der Waals surface area contributed by atoms with E-state index in [9.17, 15) is 4.79 Å². The molecule has 0 bridgehead atoms. The number of hydrogen-bond acceptors (Lipinski definition) is 4. The van der Waals surface area contributed by atoms with Crippen molar-refractivity contribution in [3.63, 3.8) is 0 Å². The number of nitrogens with one attached hydrogen (secondary N) is 1. The molecule has 3 heterocycles. The van der Waals surface area contributed by atoms with Gasteiger partial charge >= 0.3 is 5.97 Å². The molecule has 6 nitrogen and oxygen atoms in total. The molecule has 0 aliphatic carbocycles. The predicted octanol–water partition coefficient (Wildman–Crippen LogP) is 5.14. The normalized spacial score (nSPS) is 17.5. The largest absolute Gasteiger partial charge is 0.465 e. The Morgan fingerprint density at radius 2 is 1.85 bits per heavy atom. The molecule has 1 N–H and O–H groups in total. The molecular weight excluding hydrogens is 444 g/mol. The third kappa shape index (κ3) is 3.84. The summed E-state index contributed by atoms with van der Waals surface area (Å²) in [4.78, 5) is 19.3. The number of aryl methyl sites for hydroxylation is 1. The average Bonchev–Trinajstić information content (AvgIpc) is 3.48. The van der Waals surface area contributed by atoms with Crippen molar-refractivity contribution in [1.29, 1.82) is 0 Å². The fraction of sp³-hybridized carbons (Fsp3) is 0.148. The lowest BCUT2D eigenvalue weighted by Crippen LogP contribution is -2.30. The summed E-state index contributed by atoms with van der Waals surface area (Å²) >= 11 is 5.84. The van der Waals surface area contributed by atoms with E-state index >= 15 is 0 Å². The number of nitrogens with zero attached hydrogens (tertiary/aromatic N) is 3. The van der Waals surface area contributed by atoms with E-state index in [2.05, 4.69) is 46.4 Å². The van der Waals surface area contributed by atoms with Crippen LogP contribution in [0.2, 0.25) is 0 Å². The van der Waals surface area contributed by atoms with E-state index in [0.29, 0.717) is 10.7 Å². The molecule has 1 saturated heterocycles. The number of esters is 1. The molecule has 2 aromatic heterocycles. The second kappa shape index (κ2) is 9.11. The highest BCUT2D eigenvalue weighted by atomic mass is 32.1. The molecule has 1 aliphatic rings. The fourth-order valence-electron chi connectivity index (χ4n) is 4.53. The summed E-state index contributed by atoms with van der Waals surface area (Å²) in [6.07, 6.45) is 3.75. The lowest BCUT2D eigenvalue weighted by molar-refractivity contribution is 0.0600. The van der Waals surface area contributed by atoms with Crippen molar-refractivity contribution in [1.82, 2.24) is 14.9 Å². The van der Waals surface area contributed by atoms with E-state index in [4.69, 9.17) is 17.0 Å².